The van der Waals surface area contributed by atoms with E-state index in [1.807, 2.05) is 32.0 Å². The maximum Gasteiger partial charge on any atom is 0.322 e. The molecule has 1 aliphatic rings. The SMILES string of the molecule is C=C(C)CN(CC)C(=O)Nc1ccccc1N1CCN(CC)CC1. The van der Waals surface area contributed by atoms with Gasteiger partial charge in [0, 0.05) is 39.3 Å². The van der Waals surface area contributed by atoms with Crippen LogP contribution in [0.2, 0.25) is 0 Å². The lowest BCUT2D eigenvalue weighted by Gasteiger charge is -2.36. The van der Waals surface area contributed by atoms with Crippen molar-refractivity contribution < 1.29 is 4.79 Å². The first-order chi connectivity index (χ1) is 11.5. The largest absolute Gasteiger partial charge is 0.367 e. The van der Waals surface area contributed by atoms with Crippen LogP contribution in [0.3, 0.4) is 0 Å². The summed E-state index contributed by atoms with van der Waals surface area (Å²) in [5.74, 6) is 0. The molecule has 0 spiro atoms. The number of benzene rings is 1. The fraction of sp³-hybridized carbons (Fsp3) is 0.526. The summed E-state index contributed by atoms with van der Waals surface area (Å²) in [5.41, 5.74) is 2.97. The minimum absolute atomic E-state index is 0.0693. The summed E-state index contributed by atoms with van der Waals surface area (Å²) >= 11 is 0. The topological polar surface area (TPSA) is 38.8 Å². The maximum absolute atomic E-state index is 12.6. The van der Waals surface area contributed by atoms with Gasteiger partial charge in [-0.25, -0.2) is 4.79 Å². The van der Waals surface area contributed by atoms with Crippen LogP contribution in [-0.2, 0) is 0 Å². The number of carbonyl (C=O) groups excluding carboxylic acids is 1. The van der Waals surface area contributed by atoms with Gasteiger partial charge in [-0.05, 0) is 32.5 Å². The Labute approximate surface area is 145 Å². The van der Waals surface area contributed by atoms with Crippen LogP contribution in [0.5, 0.6) is 0 Å². The Kier molecular flexibility index (Phi) is 6.67. The molecule has 5 nitrogen and oxygen atoms in total. The van der Waals surface area contributed by atoms with Crippen LogP contribution in [0.4, 0.5) is 16.2 Å². The molecule has 1 aromatic carbocycles. The molecule has 0 aromatic heterocycles. The van der Waals surface area contributed by atoms with E-state index in [1.165, 1.54) is 0 Å². The van der Waals surface area contributed by atoms with Gasteiger partial charge in [-0.15, -0.1) is 0 Å². The molecule has 1 heterocycles. The first kappa shape index (κ1) is 18.3. The zero-order valence-corrected chi connectivity index (χ0v) is 15.2. The molecule has 0 radical (unpaired) electrons. The number of likely N-dealkylation sites (N-methyl/N-ethyl adjacent to an activating group) is 2. The van der Waals surface area contributed by atoms with Gasteiger partial charge in [-0.1, -0.05) is 31.2 Å². The number of urea groups is 1. The molecule has 1 fully saturated rings. The highest BCUT2D eigenvalue weighted by molar-refractivity contribution is 5.93. The third-order valence-electron chi connectivity index (χ3n) is 4.44. The zero-order valence-electron chi connectivity index (χ0n) is 15.2. The summed E-state index contributed by atoms with van der Waals surface area (Å²) in [7, 11) is 0. The summed E-state index contributed by atoms with van der Waals surface area (Å²) in [6, 6.07) is 8.00. The van der Waals surface area contributed by atoms with Gasteiger partial charge in [0.1, 0.15) is 0 Å². The Hall–Kier alpha value is -2.01. The Morgan fingerprint density at radius 2 is 1.88 bits per heavy atom. The number of hydrogen-bond donors (Lipinski definition) is 1. The molecular formula is C19H30N4O. The van der Waals surface area contributed by atoms with Crippen LogP contribution in [0.25, 0.3) is 0 Å². The van der Waals surface area contributed by atoms with Gasteiger partial charge in [0.15, 0.2) is 0 Å². The van der Waals surface area contributed by atoms with E-state index in [4.69, 9.17) is 0 Å². The molecule has 0 bridgehead atoms. The van der Waals surface area contributed by atoms with Gasteiger partial charge in [0.05, 0.1) is 11.4 Å². The molecule has 0 aliphatic carbocycles. The Bertz CT molecular complexity index is 564. The highest BCUT2D eigenvalue weighted by Crippen LogP contribution is 2.27. The molecule has 1 aliphatic heterocycles. The summed E-state index contributed by atoms with van der Waals surface area (Å²) in [6.07, 6.45) is 0. The number of nitrogens with zero attached hydrogens (tertiary/aromatic N) is 3. The first-order valence-corrected chi connectivity index (χ1v) is 8.81. The number of nitrogens with one attached hydrogen (secondary N) is 1. The van der Waals surface area contributed by atoms with E-state index in [2.05, 4.69) is 34.7 Å². The smallest absolute Gasteiger partial charge is 0.322 e. The average molecular weight is 330 g/mol. The minimum atomic E-state index is -0.0693. The van der Waals surface area contributed by atoms with Crippen molar-refractivity contribution in [2.75, 3.05) is 56.0 Å². The third kappa shape index (κ3) is 4.74. The van der Waals surface area contributed by atoms with Crippen LogP contribution < -0.4 is 10.2 Å². The molecule has 0 unspecified atom stereocenters. The molecule has 2 amide bonds. The Balaban J connectivity index is 2.08. The number of anilines is 2. The quantitative estimate of drug-likeness (QED) is 0.814. The van der Waals surface area contributed by atoms with E-state index in [9.17, 15) is 4.79 Å². The molecule has 1 aromatic rings. The second-order valence-corrected chi connectivity index (χ2v) is 6.34. The van der Waals surface area contributed by atoms with E-state index in [1.54, 1.807) is 4.90 Å². The van der Waals surface area contributed by atoms with Crippen molar-refractivity contribution in [1.29, 1.82) is 0 Å². The van der Waals surface area contributed by atoms with Gasteiger partial charge >= 0.3 is 6.03 Å². The Morgan fingerprint density at radius 1 is 1.21 bits per heavy atom. The molecular weight excluding hydrogens is 300 g/mol. The highest BCUT2D eigenvalue weighted by atomic mass is 16.2. The predicted molar refractivity (Wildman–Crippen MR) is 102 cm³/mol. The number of rotatable bonds is 6. The molecule has 0 atom stereocenters. The number of piperazine rings is 1. The van der Waals surface area contributed by atoms with Gasteiger partial charge in [-0.3, -0.25) is 0 Å². The van der Waals surface area contributed by atoms with Crippen molar-refractivity contribution in [3.8, 4) is 0 Å². The van der Waals surface area contributed by atoms with Crippen LogP contribution in [-0.4, -0.2) is 61.6 Å². The fourth-order valence-electron chi connectivity index (χ4n) is 3.01. The number of para-hydroxylation sites is 2. The van der Waals surface area contributed by atoms with E-state index in [-0.39, 0.29) is 6.03 Å². The molecule has 24 heavy (non-hydrogen) atoms. The minimum Gasteiger partial charge on any atom is -0.367 e. The fourth-order valence-corrected chi connectivity index (χ4v) is 3.01. The lowest BCUT2D eigenvalue weighted by atomic mass is 10.2. The number of amides is 2. The molecule has 2 rings (SSSR count). The van der Waals surface area contributed by atoms with Gasteiger partial charge in [0.2, 0.25) is 0 Å². The van der Waals surface area contributed by atoms with Crippen molar-refractivity contribution >= 4 is 17.4 Å². The maximum atomic E-state index is 12.6. The molecule has 132 valence electrons. The second kappa shape index (κ2) is 8.73. The van der Waals surface area contributed by atoms with Crippen molar-refractivity contribution in [2.45, 2.75) is 20.8 Å². The standard InChI is InChI=1S/C19H30N4O/c1-5-21-11-13-23(14-12-21)18-10-8-7-9-17(18)20-19(24)22(6-2)15-16(3)4/h7-10H,3,5-6,11-15H2,1-2,4H3,(H,20,24). The summed E-state index contributed by atoms with van der Waals surface area (Å²) in [4.78, 5) is 19.1. The van der Waals surface area contributed by atoms with Crippen LogP contribution in [0, 0.1) is 0 Å². The summed E-state index contributed by atoms with van der Waals surface area (Å²) in [6.45, 7) is 16.5. The molecule has 1 saturated heterocycles. The van der Waals surface area contributed by atoms with Crippen LogP contribution in [0.1, 0.15) is 20.8 Å². The number of carbonyl (C=O) groups is 1. The monoisotopic (exact) mass is 330 g/mol. The van der Waals surface area contributed by atoms with Gasteiger partial charge < -0.3 is 20.0 Å². The highest BCUT2D eigenvalue weighted by Gasteiger charge is 2.20. The lowest BCUT2D eigenvalue weighted by molar-refractivity contribution is 0.218. The van der Waals surface area contributed by atoms with Crippen LogP contribution in [0.15, 0.2) is 36.4 Å². The van der Waals surface area contributed by atoms with Crippen LogP contribution >= 0.6 is 0 Å². The predicted octanol–water partition coefficient (Wildman–Crippen LogP) is 3.26. The molecule has 5 heteroatoms. The van der Waals surface area contributed by atoms with Gasteiger partial charge in [0.25, 0.3) is 0 Å². The van der Waals surface area contributed by atoms with Gasteiger partial charge in [-0.2, -0.15) is 0 Å². The third-order valence-corrected chi connectivity index (χ3v) is 4.44. The second-order valence-electron chi connectivity index (χ2n) is 6.34. The molecule has 0 saturated carbocycles. The van der Waals surface area contributed by atoms with Crippen molar-refractivity contribution in [3.05, 3.63) is 36.4 Å². The van der Waals surface area contributed by atoms with E-state index >= 15 is 0 Å². The van der Waals surface area contributed by atoms with E-state index in [0.29, 0.717) is 13.1 Å². The van der Waals surface area contributed by atoms with Crippen molar-refractivity contribution in [1.82, 2.24) is 9.80 Å². The Morgan fingerprint density at radius 3 is 2.46 bits per heavy atom. The lowest BCUT2D eigenvalue weighted by Crippen LogP contribution is -2.46. The van der Waals surface area contributed by atoms with Crippen molar-refractivity contribution in [3.63, 3.8) is 0 Å². The van der Waals surface area contributed by atoms with E-state index in [0.717, 1.165) is 49.7 Å². The van der Waals surface area contributed by atoms with E-state index < -0.39 is 0 Å². The number of hydrogen-bond acceptors (Lipinski definition) is 3. The average Bonchev–Trinajstić information content (AvgIpc) is 2.60. The first-order valence-electron chi connectivity index (χ1n) is 8.81. The van der Waals surface area contributed by atoms with Crippen molar-refractivity contribution in [2.24, 2.45) is 0 Å². The summed E-state index contributed by atoms with van der Waals surface area (Å²) < 4.78 is 0. The zero-order chi connectivity index (χ0) is 17.5. The molecule has 1 N–H and O–H groups in total. The normalized spacial score (nSPS) is 15.2. The summed E-state index contributed by atoms with van der Waals surface area (Å²) in [5, 5.41) is 3.08.